The zero-order valence-corrected chi connectivity index (χ0v) is 14.3. The Morgan fingerprint density at radius 3 is 3.21 bits per heavy atom. The van der Waals surface area contributed by atoms with Crippen molar-refractivity contribution in [3.63, 3.8) is 0 Å². The molecule has 0 amide bonds. The van der Waals surface area contributed by atoms with Gasteiger partial charge in [-0.1, -0.05) is 31.5 Å². The zero-order valence-electron chi connectivity index (χ0n) is 11.1. The molecule has 1 aliphatic heterocycles. The van der Waals surface area contributed by atoms with Crippen LogP contribution in [0.25, 0.3) is 0 Å². The largest absolute Gasteiger partial charge is 0.359 e. The molecule has 1 spiro atoms. The van der Waals surface area contributed by atoms with Crippen LogP contribution in [0.3, 0.4) is 0 Å². The normalized spacial score (nSPS) is 32.9. The number of thiophene rings is 1. The third-order valence-electron chi connectivity index (χ3n) is 4.01. The number of hydrogen-bond acceptors (Lipinski definition) is 3. The first-order valence-electron chi connectivity index (χ1n) is 6.84. The number of amidine groups is 1. The van der Waals surface area contributed by atoms with Crippen LogP contribution in [0.1, 0.15) is 37.5 Å². The Morgan fingerprint density at radius 2 is 2.47 bits per heavy atom. The Labute approximate surface area is 131 Å². The molecule has 1 N–H and O–H groups in total. The maximum atomic E-state index is 4.75. The minimum absolute atomic E-state index is 0.341. The summed E-state index contributed by atoms with van der Waals surface area (Å²) in [6.45, 7) is 3.17. The van der Waals surface area contributed by atoms with Crippen molar-refractivity contribution in [2.45, 2.75) is 44.7 Å². The molecule has 0 radical (unpaired) electrons. The van der Waals surface area contributed by atoms with Gasteiger partial charge in [0.1, 0.15) is 0 Å². The molecule has 0 aromatic carbocycles. The van der Waals surface area contributed by atoms with Crippen LogP contribution in [0.2, 0.25) is 0 Å². The molecule has 2 aliphatic rings. The standard InChI is InChI=1S/C14H19BrN2S2/c1-10-3-2-5-14(7-10)9-19-13(17-14)16-8-12-11(15)4-6-18-12/h4,6,10H,2-3,5,7-9H2,1H3,(H,16,17). The fourth-order valence-corrected chi connectivity index (χ4v) is 5.67. The number of hydrogen-bond donors (Lipinski definition) is 1. The van der Waals surface area contributed by atoms with E-state index >= 15 is 0 Å². The Hall–Kier alpha value is -0.0000000000000000555. The van der Waals surface area contributed by atoms with Gasteiger partial charge in [0.25, 0.3) is 0 Å². The van der Waals surface area contributed by atoms with Gasteiger partial charge in [-0.15, -0.1) is 11.3 Å². The smallest absolute Gasteiger partial charge is 0.157 e. The predicted molar refractivity (Wildman–Crippen MR) is 89.1 cm³/mol. The average Bonchev–Trinajstić information content (AvgIpc) is 2.94. The van der Waals surface area contributed by atoms with Crippen molar-refractivity contribution in [3.8, 4) is 0 Å². The molecule has 19 heavy (non-hydrogen) atoms. The van der Waals surface area contributed by atoms with Crippen molar-refractivity contribution >= 4 is 44.2 Å². The molecule has 1 saturated carbocycles. The second-order valence-electron chi connectivity index (χ2n) is 5.71. The summed E-state index contributed by atoms with van der Waals surface area (Å²) in [6, 6.07) is 2.10. The molecule has 1 aliphatic carbocycles. The lowest BCUT2D eigenvalue weighted by Gasteiger charge is -2.36. The fraction of sp³-hybridized carbons (Fsp3) is 0.643. The molecule has 1 saturated heterocycles. The summed E-state index contributed by atoms with van der Waals surface area (Å²) in [5.74, 6) is 2.05. The lowest BCUT2D eigenvalue weighted by Crippen LogP contribution is -2.47. The van der Waals surface area contributed by atoms with Gasteiger partial charge in [-0.25, -0.2) is 0 Å². The van der Waals surface area contributed by atoms with Gasteiger partial charge in [-0.3, -0.25) is 4.99 Å². The predicted octanol–water partition coefficient (Wildman–Crippen LogP) is 4.65. The first kappa shape index (κ1) is 14.0. The summed E-state index contributed by atoms with van der Waals surface area (Å²) in [5.41, 5.74) is 0.341. The summed E-state index contributed by atoms with van der Waals surface area (Å²) < 4.78 is 1.19. The van der Waals surface area contributed by atoms with Crippen molar-refractivity contribution in [3.05, 3.63) is 20.8 Å². The van der Waals surface area contributed by atoms with Crippen molar-refractivity contribution in [2.75, 3.05) is 5.75 Å². The lowest BCUT2D eigenvalue weighted by molar-refractivity contribution is 0.242. The molecule has 0 bridgehead atoms. The SMILES string of the molecule is CC1CCCC2(CSC(=NCc3sccc3Br)N2)C1. The second kappa shape index (κ2) is 5.78. The van der Waals surface area contributed by atoms with Crippen LogP contribution in [0.4, 0.5) is 0 Å². The summed E-state index contributed by atoms with van der Waals surface area (Å²) in [7, 11) is 0. The van der Waals surface area contributed by atoms with E-state index in [1.165, 1.54) is 40.8 Å². The quantitative estimate of drug-likeness (QED) is 0.831. The van der Waals surface area contributed by atoms with Crippen LogP contribution < -0.4 is 5.32 Å². The third kappa shape index (κ3) is 3.19. The molecule has 104 valence electrons. The molecule has 1 aromatic heterocycles. The molecule has 2 nitrogen and oxygen atoms in total. The van der Waals surface area contributed by atoms with E-state index < -0.39 is 0 Å². The van der Waals surface area contributed by atoms with E-state index in [0.717, 1.165) is 17.6 Å². The van der Waals surface area contributed by atoms with E-state index in [1.54, 1.807) is 11.3 Å². The first-order chi connectivity index (χ1) is 9.17. The first-order valence-corrected chi connectivity index (χ1v) is 9.50. The topological polar surface area (TPSA) is 24.4 Å². The van der Waals surface area contributed by atoms with Crippen LogP contribution in [-0.2, 0) is 6.54 Å². The van der Waals surface area contributed by atoms with E-state index in [1.807, 2.05) is 11.8 Å². The van der Waals surface area contributed by atoms with Gasteiger partial charge in [0.2, 0.25) is 0 Å². The van der Waals surface area contributed by atoms with Crippen molar-refractivity contribution in [1.82, 2.24) is 5.32 Å². The van der Waals surface area contributed by atoms with E-state index in [-0.39, 0.29) is 0 Å². The Balaban J connectivity index is 1.64. The maximum absolute atomic E-state index is 4.75. The minimum Gasteiger partial charge on any atom is -0.359 e. The molecular formula is C14H19BrN2S2. The highest BCUT2D eigenvalue weighted by Crippen LogP contribution is 2.38. The molecule has 2 atom stereocenters. The monoisotopic (exact) mass is 358 g/mol. The number of aliphatic imine (C=N–C) groups is 1. The average molecular weight is 359 g/mol. The van der Waals surface area contributed by atoms with E-state index in [0.29, 0.717) is 5.54 Å². The summed E-state index contributed by atoms with van der Waals surface area (Å²) in [6.07, 6.45) is 5.37. The summed E-state index contributed by atoms with van der Waals surface area (Å²) >= 11 is 7.24. The fourth-order valence-electron chi connectivity index (χ4n) is 3.08. The van der Waals surface area contributed by atoms with Gasteiger partial charge in [0.05, 0.1) is 6.54 Å². The van der Waals surface area contributed by atoms with Gasteiger partial charge >= 0.3 is 0 Å². The van der Waals surface area contributed by atoms with E-state index in [9.17, 15) is 0 Å². The highest BCUT2D eigenvalue weighted by Gasteiger charge is 2.40. The van der Waals surface area contributed by atoms with Gasteiger partial charge in [-0.2, -0.15) is 0 Å². The van der Waals surface area contributed by atoms with Crippen molar-refractivity contribution < 1.29 is 0 Å². The maximum Gasteiger partial charge on any atom is 0.157 e. The molecule has 2 fully saturated rings. The van der Waals surface area contributed by atoms with Crippen LogP contribution in [0.5, 0.6) is 0 Å². The third-order valence-corrected chi connectivity index (χ3v) is 7.12. The Kier molecular flexibility index (Phi) is 4.25. The number of nitrogens with one attached hydrogen (secondary N) is 1. The van der Waals surface area contributed by atoms with Crippen molar-refractivity contribution in [2.24, 2.45) is 10.9 Å². The number of nitrogens with zero attached hydrogens (tertiary/aromatic N) is 1. The molecule has 5 heteroatoms. The van der Waals surface area contributed by atoms with Crippen LogP contribution >= 0.6 is 39.0 Å². The second-order valence-corrected chi connectivity index (χ2v) is 8.53. The van der Waals surface area contributed by atoms with E-state index in [4.69, 9.17) is 4.99 Å². The molecule has 1 aromatic rings. The summed E-state index contributed by atoms with van der Waals surface area (Å²) in [4.78, 5) is 6.06. The molecular weight excluding hydrogens is 340 g/mol. The number of rotatable bonds is 2. The van der Waals surface area contributed by atoms with Gasteiger partial charge in [0, 0.05) is 20.6 Å². The van der Waals surface area contributed by atoms with Crippen LogP contribution in [0.15, 0.2) is 20.9 Å². The summed E-state index contributed by atoms with van der Waals surface area (Å²) in [5, 5.41) is 6.98. The number of halogens is 1. The van der Waals surface area contributed by atoms with Crippen LogP contribution in [0, 0.1) is 5.92 Å². The highest BCUT2D eigenvalue weighted by atomic mass is 79.9. The van der Waals surface area contributed by atoms with Crippen molar-refractivity contribution in [1.29, 1.82) is 0 Å². The van der Waals surface area contributed by atoms with Gasteiger partial charge < -0.3 is 5.32 Å². The zero-order chi connectivity index (χ0) is 13.3. The molecule has 2 heterocycles. The highest BCUT2D eigenvalue weighted by molar-refractivity contribution is 9.10. The number of thioether (sulfide) groups is 1. The lowest BCUT2D eigenvalue weighted by atomic mass is 9.78. The Bertz CT molecular complexity index is 486. The molecule has 3 rings (SSSR count). The van der Waals surface area contributed by atoms with Crippen LogP contribution in [-0.4, -0.2) is 16.5 Å². The van der Waals surface area contributed by atoms with Gasteiger partial charge in [0.15, 0.2) is 5.17 Å². The minimum atomic E-state index is 0.341. The van der Waals surface area contributed by atoms with E-state index in [2.05, 4.69) is 39.6 Å². The van der Waals surface area contributed by atoms with Gasteiger partial charge in [-0.05, 0) is 46.1 Å². The molecule has 2 unspecified atom stereocenters. The Morgan fingerprint density at radius 1 is 1.58 bits per heavy atom.